The summed E-state index contributed by atoms with van der Waals surface area (Å²) in [5.74, 6) is 0.658. The third-order valence-electron chi connectivity index (χ3n) is 5.06. The molecule has 3 heterocycles. The largest absolute Gasteiger partial charge is 0.457 e. The van der Waals surface area contributed by atoms with Crippen LogP contribution in [0, 0.1) is 6.92 Å². The number of alkyl halides is 3. The van der Waals surface area contributed by atoms with E-state index >= 15 is 0 Å². The summed E-state index contributed by atoms with van der Waals surface area (Å²) in [6, 6.07) is 10.7. The Kier molecular flexibility index (Phi) is 6.31. The SMILES string of the molecule is Cc1c(Oc2ccnc(-c3cnn(C)c3)c2)cccc1C(=O)NCc1ccc(C(F)(F)F)nc1. The van der Waals surface area contributed by atoms with Gasteiger partial charge in [0.05, 0.1) is 11.9 Å². The van der Waals surface area contributed by atoms with Crippen LogP contribution in [0.3, 0.4) is 0 Å². The van der Waals surface area contributed by atoms with E-state index in [2.05, 4.69) is 20.4 Å². The van der Waals surface area contributed by atoms with Crippen LogP contribution in [0.4, 0.5) is 13.2 Å². The fourth-order valence-electron chi connectivity index (χ4n) is 3.26. The molecule has 0 radical (unpaired) electrons. The fraction of sp³-hybridized carbons (Fsp3) is 0.167. The van der Waals surface area contributed by atoms with E-state index in [1.54, 1.807) is 54.3 Å². The van der Waals surface area contributed by atoms with Crippen molar-refractivity contribution in [1.29, 1.82) is 0 Å². The van der Waals surface area contributed by atoms with E-state index in [4.69, 9.17) is 4.74 Å². The van der Waals surface area contributed by atoms with E-state index in [0.717, 1.165) is 17.8 Å². The van der Waals surface area contributed by atoms with E-state index in [1.165, 1.54) is 6.07 Å². The lowest BCUT2D eigenvalue weighted by molar-refractivity contribution is -0.141. The number of benzene rings is 1. The molecule has 0 fully saturated rings. The number of carbonyl (C=O) groups is 1. The van der Waals surface area contributed by atoms with Crippen LogP contribution < -0.4 is 10.1 Å². The first-order valence-corrected chi connectivity index (χ1v) is 10.2. The Morgan fingerprint density at radius 2 is 1.94 bits per heavy atom. The van der Waals surface area contributed by atoms with Gasteiger partial charge in [-0.3, -0.25) is 19.4 Å². The van der Waals surface area contributed by atoms with Gasteiger partial charge in [0.25, 0.3) is 5.91 Å². The number of rotatable bonds is 6. The van der Waals surface area contributed by atoms with E-state index < -0.39 is 11.9 Å². The van der Waals surface area contributed by atoms with Crippen molar-refractivity contribution in [3.8, 4) is 22.8 Å². The smallest absolute Gasteiger partial charge is 0.433 e. The van der Waals surface area contributed by atoms with E-state index in [0.29, 0.717) is 33.9 Å². The zero-order valence-corrected chi connectivity index (χ0v) is 18.3. The van der Waals surface area contributed by atoms with Crippen LogP contribution in [0.5, 0.6) is 11.5 Å². The average molecular weight is 467 g/mol. The molecule has 0 aliphatic carbocycles. The molecule has 34 heavy (non-hydrogen) atoms. The number of aromatic nitrogens is 4. The van der Waals surface area contributed by atoms with Crippen LogP contribution in [0.1, 0.15) is 27.2 Å². The maximum Gasteiger partial charge on any atom is 0.433 e. The van der Waals surface area contributed by atoms with Crippen molar-refractivity contribution in [2.75, 3.05) is 0 Å². The number of hydrogen-bond acceptors (Lipinski definition) is 5. The molecule has 0 saturated heterocycles. The standard InChI is InChI=1S/C24H20F3N5O2/c1-15-19(23(33)30-12-16-6-7-22(29-11-16)24(25,26)27)4-3-5-21(15)34-18-8-9-28-20(10-18)17-13-31-32(2)14-17/h3-11,13-14H,12H2,1-2H3,(H,30,33). The molecule has 0 saturated carbocycles. The third kappa shape index (κ3) is 5.22. The molecule has 174 valence electrons. The summed E-state index contributed by atoms with van der Waals surface area (Å²) in [4.78, 5) is 20.5. The number of hydrogen-bond donors (Lipinski definition) is 1. The second-order valence-corrected chi connectivity index (χ2v) is 7.54. The van der Waals surface area contributed by atoms with E-state index in [1.807, 2.05) is 13.2 Å². The highest BCUT2D eigenvalue weighted by atomic mass is 19.4. The maximum atomic E-state index is 12.7. The highest BCUT2D eigenvalue weighted by molar-refractivity contribution is 5.96. The molecule has 0 aliphatic heterocycles. The number of carbonyl (C=O) groups excluding carboxylic acids is 1. The number of nitrogens with one attached hydrogen (secondary N) is 1. The monoisotopic (exact) mass is 467 g/mol. The Balaban J connectivity index is 1.46. The summed E-state index contributed by atoms with van der Waals surface area (Å²) in [5, 5.41) is 6.85. The first kappa shape index (κ1) is 23.0. The second kappa shape index (κ2) is 9.34. The lowest BCUT2D eigenvalue weighted by atomic mass is 10.1. The quantitative estimate of drug-likeness (QED) is 0.435. The van der Waals surface area contributed by atoms with E-state index in [9.17, 15) is 18.0 Å². The zero-order chi connectivity index (χ0) is 24.3. The summed E-state index contributed by atoms with van der Waals surface area (Å²) in [5.41, 5.74) is 2.01. The molecule has 3 aromatic heterocycles. The van der Waals surface area contributed by atoms with Crippen LogP contribution in [0.2, 0.25) is 0 Å². The van der Waals surface area contributed by atoms with Gasteiger partial charge in [-0.1, -0.05) is 12.1 Å². The van der Waals surface area contributed by atoms with Gasteiger partial charge in [-0.25, -0.2) is 0 Å². The molecule has 4 aromatic rings. The minimum Gasteiger partial charge on any atom is -0.457 e. The topological polar surface area (TPSA) is 81.9 Å². The number of aryl methyl sites for hydroxylation is 1. The lowest BCUT2D eigenvalue weighted by Gasteiger charge is -2.13. The van der Waals surface area contributed by atoms with Gasteiger partial charge in [0, 0.05) is 54.9 Å². The van der Waals surface area contributed by atoms with Gasteiger partial charge < -0.3 is 10.1 Å². The van der Waals surface area contributed by atoms with Crippen molar-refractivity contribution in [3.63, 3.8) is 0 Å². The number of pyridine rings is 2. The molecule has 0 bridgehead atoms. The van der Waals surface area contributed by atoms with Crippen LogP contribution in [0.25, 0.3) is 11.3 Å². The molecule has 0 aliphatic rings. The van der Waals surface area contributed by atoms with Gasteiger partial charge >= 0.3 is 6.18 Å². The highest BCUT2D eigenvalue weighted by Crippen LogP contribution is 2.30. The van der Waals surface area contributed by atoms with Crippen molar-refractivity contribution < 1.29 is 22.7 Å². The van der Waals surface area contributed by atoms with Gasteiger partial charge in [-0.15, -0.1) is 0 Å². The van der Waals surface area contributed by atoms with Gasteiger partial charge in [0.2, 0.25) is 0 Å². The predicted molar refractivity (Wildman–Crippen MR) is 118 cm³/mol. The molecule has 0 unspecified atom stereocenters. The van der Waals surface area contributed by atoms with Crippen LogP contribution in [-0.2, 0) is 19.8 Å². The molecule has 7 nitrogen and oxygen atoms in total. The Hall–Kier alpha value is -4.21. The first-order valence-electron chi connectivity index (χ1n) is 10.2. The van der Waals surface area contributed by atoms with Gasteiger partial charge in [-0.2, -0.15) is 18.3 Å². The van der Waals surface area contributed by atoms with Gasteiger partial charge in [0.1, 0.15) is 17.2 Å². The van der Waals surface area contributed by atoms with E-state index in [-0.39, 0.29) is 12.5 Å². The molecule has 10 heteroatoms. The molecule has 1 N–H and O–H groups in total. The fourth-order valence-corrected chi connectivity index (χ4v) is 3.26. The Bertz CT molecular complexity index is 1320. The van der Waals surface area contributed by atoms with Gasteiger partial charge in [0.15, 0.2) is 0 Å². The molecule has 1 aromatic carbocycles. The van der Waals surface area contributed by atoms with Crippen LogP contribution in [0.15, 0.2) is 67.3 Å². The molecule has 0 atom stereocenters. The molecule has 4 rings (SSSR count). The molecule has 1 amide bonds. The molecular weight excluding hydrogens is 447 g/mol. The Morgan fingerprint density at radius 3 is 2.62 bits per heavy atom. The zero-order valence-electron chi connectivity index (χ0n) is 18.3. The number of halogens is 3. The summed E-state index contributed by atoms with van der Waals surface area (Å²) < 4.78 is 45.6. The van der Waals surface area contributed by atoms with Crippen molar-refractivity contribution in [2.45, 2.75) is 19.6 Å². The number of amides is 1. The van der Waals surface area contributed by atoms with Crippen molar-refractivity contribution >= 4 is 5.91 Å². The normalized spacial score (nSPS) is 11.3. The van der Waals surface area contributed by atoms with Crippen molar-refractivity contribution in [1.82, 2.24) is 25.1 Å². The summed E-state index contributed by atoms with van der Waals surface area (Å²) in [6.45, 7) is 1.79. The minimum atomic E-state index is -4.51. The summed E-state index contributed by atoms with van der Waals surface area (Å²) in [6.07, 6.45) is 1.76. The number of ether oxygens (including phenoxy) is 1. The minimum absolute atomic E-state index is 0.0350. The Labute approximate surface area is 193 Å². The first-order chi connectivity index (χ1) is 16.2. The maximum absolute atomic E-state index is 12.7. The summed E-state index contributed by atoms with van der Waals surface area (Å²) in [7, 11) is 1.82. The number of nitrogens with zero attached hydrogens (tertiary/aromatic N) is 4. The highest BCUT2D eigenvalue weighted by Gasteiger charge is 2.32. The van der Waals surface area contributed by atoms with Crippen LogP contribution in [-0.4, -0.2) is 25.7 Å². The molecule has 0 spiro atoms. The lowest BCUT2D eigenvalue weighted by Crippen LogP contribution is -2.24. The Morgan fingerprint density at radius 1 is 1.12 bits per heavy atom. The third-order valence-corrected chi connectivity index (χ3v) is 5.06. The second-order valence-electron chi connectivity index (χ2n) is 7.54. The van der Waals surface area contributed by atoms with Crippen LogP contribution >= 0.6 is 0 Å². The predicted octanol–water partition coefficient (Wildman–Crippen LogP) is 4.93. The van der Waals surface area contributed by atoms with Gasteiger partial charge in [-0.05, 0) is 36.8 Å². The van der Waals surface area contributed by atoms with Crippen molar-refractivity contribution in [2.24, 2.45) is 7.05 Å². The summed E-state index contributed by atoms with van der Waals surface area (Å²) >= 11 is 0. The molecular formula is C24H20F3N5O2. The van der Waals surface area contributed by atoms with Crippen molar-refractivity contribution in [3.05, 3.63) is 89.6 Å². The average Bonchev–Trinajstić information content (AvgIpc) is 3.25.